The maximum absolute atomic E-state index is 12.4. The van der Waals surface area contributed by atoms with Crippen molar-refractivity contribution in [2.24, 2.45) is 40.4 Å². The lowest BCUT2D eigenvalue weighted by Crippen LogP contribution is -2.51. The van der Waals surface area contributed by atoms with E-state index in [1.165, 1.54) is 46.1 Å². The fraction of sp³-hybridized carbons (Fsp3) is 0.839. The summed E-state index contributed by atoms with van der Waals surface area (Å²) >= 11 is 0. The zero-order valence-electron chi connectivity index (χ0n) is 23.8. The van der Waals surface area contributed by atoms with E-state index >= 15 is 0 Å². The van der Waals surface area contributed by atoms with Crippen molar-refractivity contribution in [2.75, 3.05) is 13.7 Å². The Morgan fingerprint density at radius 3 is 2.59 bits per heavy atom. The van der Waals surface area contributed by atoms with Gasteiger partial charge in [-0.15, -0.1) is 0 Å². The molecule has 0 aromatic carbocycles. The monoisotopic (exact) mass is 515 g/mol. The molecular formula is C31H49NO5. The third-order valence-electron chi connectivity index (χ3n) is 11.1. The number of nitrogens with one attached hydrogen (secondary N) is 1. The average molecular weight is 516 g/mol. The van der Waals surface area contributed by atoms with E-state index in [1.54, 1.807) is 5.57 Å². The van der Waals surface area contributed by atoms with Crippen molar-refractivity contribution < 1.29 is 23.9 Å². The number of ether oxygens (including phenoxy) is 2. The molecule has 37 heavy (non-hydrogen) atoms. The Hall–Kier alpha value is -1.85. The van der Waals surface area contributed by atoms with E-state index < -0.39 is 0 Å². The predicted molar refractivity (Wildman–Crippen MR) is 143 cm³/mol. The summed E-state index contributed by atoms with van der Waals surface area (Å²) in [4.78, 5) is 35.2. The minimum Gasteiger partial charge on any atom is -0.469 e. The molecule has 0 aromatic heterocycles. The number of carbonyl (C=O) groups is 3. The van der Waals surface area contributed by atoms with Crippen LogP contribution in [0.4, 0.5) is 0 Å². The highest BCUT2D eigenvalue weighted by atomic mass is 16.5. The Kier molecular flexibility index (Phi) is 8.75. The summed E-state index contributed by atoms with van der Waals surface area (Å²) in [7, 11) is 1.39. The molecule has 0 aliphatic heterocycles. The molecule has 208 valence electrons. The van der Waals surface area contributed by atoms with Crippen LogP contribution in [0.15, 0.2) is 11.6 Å². The number of rotatable bonds is 9. The van der Waals surface area contributed by atoms with Crippen LogP contribution in [0.1, 0.15) is 105 Å². The van der Waals surface area contributed by atoms with Crippen molar-refractivity contribution >= 4 is 17.8 Å². The van der Waals surface area contributed by atoms with Crippen LogP contribution in [0.2, 0.25) is 0 Å². The SMILES string of the molecule is COC(=O)CCCNC(=O)CC[C@@H](C)[C@H]1CC[C@H]2[C@@H]3CC=C4C[C@@H](OC(C)=O)CC[C@]4(C)[C@H]3CC[C@]12C. The lowest BCUT2D eigenvalue weighted by molar-refractivity contribution is -0.148. The maximum Gasteiger partial charge on any atom is 0.305 e. The van der Waals surface area contributed by atoms with E-state index in [9.17, 15) is 14.4 Å². The minimum absolute atomic E-state index is 0.0593. The predicted octanol–water partition coefficient (Wildman–Crippen LogP) is 5.98. The second kappa shape index (κ2) is 11.5. The number of allylic oxidation sites excluding steroid dienone is 1. The van der Waals surface area contributed by atoms with E-state index in [0.717, 1.165) is 43.4 Å². The second-order valence-corrected chi connectivity index (χ2v) is 13.0. The normalized spacial score (nSPS) is 37.3. The Balaban J connectivity index is 1.33. The molecule has 3 fully saturated rings. The van der Waals surface area contributed by atoms with Crippen LogP contribution in [0.3, 0.4) is 0 Å². The molecule has 4 rings (SSSR count). The minimum atomic E-state index is -0.227. The summed E-state index contributed by atoms with van der Waals surface area (Å²) in [6.45, 7) is 9.49. The highest BCUT2D eigenvalue weighted by Crippen LogP contribution is 2.67. The van der Waals surface area contributed by atoms with Gasteiger partial charge in [-0.3, -0.25) is 14.4 Å². The first-order valence-electron chi connectivity index (χ1n) is 14.8. The third-order valence-corrected chi connectivity index (χ3v) is 11.1. The fourth-order valence-electron chi connectivity index (χ4n) is 9.15. The van der Waals surface area contributed by atoms with Gasteiger partial charge in [-0.2, -0.15) is 0 Å². The quantitative estimate of drug-likeness (QED) is 0.232. The van der Waals surface area contributed by atoms with Crippen molar-refractivity contribution in [1.29, 1.82) is 0 Å². The Morgan fingerprint density at radius 2 is 1.86 bits per heavy atom. The summed E-state index contributed by atoms with van der Waals surface area (Å²) in [5.74, 6) is 3.21. The van der Waals surface area contributed by atoms with Crippen molar-refractivity contribution in [3.63, 3.8) is 0 Å². The molecule has 1 amide bonds. The molecular weight excluding hydrogens is 466 g/mol. The van der Waals surface area contributed by atoms with Crippen LogP contribution in [0.5, 0.6) is 0 Å². The van der Waals surface area contributed by atoms with Gasteiger partial charge in [-0.25, -0.2) is 0 Å². The first-order chi connectivity index (χ1) is 17.6. The van der Waals surface area contributed by atoms with Crippen LogP contribution in [-0.4, -0.2) is 37.6 Å². The smallest absolute Gasteiger partial charge is 0.305 e. The molecule has 0 bridgehead atoms. The summed E-state index contributed by atoms with van der Waals surface area (Å²) in [6.07, 6.45) is 14.5. The van der Waals surface area contributed by atoms with E-state index in [1.807, 2.05) is 0 Å². The summed E-state index contributed by atoms with van der Waals surface area (Å²) in [5, 5.41) is 2.97. The average Bonchev–Trinajstić information content (AvgIpc) is 3.22. The molecule has 0 spiro atoms. The molecule has 4 aliphatic carbocycles. The van der Waals surface area contributed by atoms with Gasteiger partial charge in [0.25, 0.3) is 0 Å². The van der Waals surface area contributed by atoms with Gasteiger partial charge in [0.15, 0.2) is 0 Å². The number of carbonyl (C=O) groups excluding carboxylic acids is 3. The molecule has 4 aliphatic rings. The molecule has 0 saturated heterocycles. The highest BCUT2D eigenvalue weighted by molar-refractivity contribution is 5.76. The highest BCUT2D eigenvalue weighted by Gasteiger charge is 2.59. The first kappa shape index (κ1) is 28.2. The molecule has 0 aromatic rings. The second-order valence-electron chi connectivity index (χ2n) is 13.0. The number of hydrogen-bond acceptors (Lipinski definition) is 5. The van der Waals surface area contributed by atoms with Gasteiger partial charge in [0.1, 0.15) is 6.10 Å². The van der Waals surface area contributed by atoms with Crippen molar-refractivity contribution in [3.05, 3.63) is 11.6 Å². The molecule has 0 heterocycles. The number of amides is 1. The molecule has 3 saturated carbocycles. The number of esters is 2. The molecule has 8 atom stereocenters. The lowest BCUT2D eigenvalue weighted by Gasteiger charge is -2.58. The van der Waals surface area contributed by atoms with Gasteiger partial charge in [0.05, 0.1) is 7.11 Å². The summed E-state index contributed by atoms with van der Waals surface area (Å²) < 4.78 is 10.3. The van der Waals surface area contributed by atoms with Crippen LogP contribution < -0.4 is 5.32 Å². The third kappa shape index (κ3) is 5.78. The van der Waals surface area contributed by atoms with Gasteiger partial charge in [-0.05, 0) is 98.2 Å². The van der Waals surface area contributed by atoms with Gasteiger partial charge in [0.2, 0.25) is 5.91 Å². The van der Waals surface area contributed by atoms with E-state index in [2.05, 4.69) is 36.9 Å². The zero-order valence-corrected chi connectivity index (χ0v) is 23.8. The number of methoxy groups -OCH3 is 1. The van der Waals surface area contributed by atoms with Gasteiger partial charge in [-0.1, -0.05) is 32.4 Å². The van der Waals surface area contributed by atoms with E-state index in [-0.39, 0.29) is 29.4 Å². The van der Waals surface area contributed by atoms with Crippen molar-refractivity contribution in [1.82, 2.24) is 5.32 Å². The summed E-state index contributed by atoms with van der Waals surface area (Å²) in [5.41, 5.74) is 2.18. The van der Waals surface area contributed by atoms with E-state index in [4.69, 9.17) is 4.74 Å². The van der Waals surface area contributed by atoms with E-state index in [0.29, 0.717) is 43.1 Å². The fourth-order valence-corrected chi connectivity index (χ4v) is 9.15. The summed E-state index contributed by atoms with van der Waals surface area (Å²) in [6, 6.07) is 0. The maximum atomic E-state index is 12.4. The van der Waals surface area contributed by atoms with Crippen LogP contribution in [0.25, 0.3) is 0 Å². The van der Waals surface area contributed by atoms with Gasteiger partial charge < -0.3 is 14.8 Å². The first-order valence-corrected chi connectivity index (χ1v) is 14.8. The Bertz CT molecular complexity index is 898. The number of hydrogen-bond donors (Lipinski definition) is 1. The molecule has 6 heteroatoms. The molecule has 0 unspecified atom stereocenters. The van der Waals surface area contributed by atoms with Gasteiger partial charge in [0, 0.05) is 32.7 Å². The van der Waals surface area contributed by atoms with Crippen LogP contribution in [-0.2, 0) is 23.9 Å². The lowest BCUT2D eigenvalue weighted by atomic mass is 9.47. The van der Waals surface area contributed by atoms with Crippen molar-refractivity contribution in [3.8, 4) is 0 Å². The largest absolute Gasteiger partial charge is 0.469 e. The molecule has 0 radical (unpaired) electrons. The zero-order chi connectivity index (χ0) is 26.8. The Labute approximate surface area is 223 Å². The Morgan fingerprint density at radius 1 is 1.08 bits per heavy atom. The van der Waals surface area contributed by atoms with Crippen molar-refractivity contribution in [2.45, 2.75) is 111 Å². The number of fused-ring (bicyclic) bond motifs is 5. The van der Waals surface area contributed by atoms with Crippen LogP contribution in [0, 0.1) is 40.4 Å². The van der Waals surface area contributed by atoms with Gasteiger partial charge >= 0.3 is 11.9 Å². The topological polar surface area (TPSA) is 81.7 Å². The standard InChI is InChI=1S/C31H49NO5/c1-20(8-13-28(34)32-18-6-7-29(35)36-5)25-11-12-26-24-10-9-22-19-23(37-21(2)33)14-16-30(22,3)27(24)15-17-31(25,26)4/h9,20,23-27H,6-8,10-19H2,1-5H3,(H,32,34)/t20-,23+,24+,25-,26+,27+,30+,31-/m1/s1. The van der Waals surface area contributed by atoms with Crippen LogP contribution >= 0.6 is 0 Å². The molecule has 1 N–H and O–H groups in total. The molecule has 6 nitrogen and oxygen atoms in total.